The van der Waals surface area contributed by atoms with Gasteiger partial charge in [0, 0.05) is 72.7 Å². The van der Waals surface area contributed by atoms with E-state index in [4.69, 9.17) is 31.4 Å². The number of allylic oxidation sites excluding steroid dienone is 2. The largest absolute Gasteiger partial charge is 0.477 e. The van der Waals surface area contributed by atoms with Crippen molar-refractivity contribution in [2.75, 3.05) is 49.5 Å². The number of amides is 2. The molecule has 14 nitrogen and oxygen atoms in total. The van der Waals surface area contributed by atoms with Crippen LogP contribution >= 0.6 is 11.8 Å². The molecule has 15 heteroatoms. The zero-order valence-corrected chi connectivity index (χ0v) is 36.1. The Bertz CT molecular complexity index is 2050. The molecule has 0 atom stereocenters. The molecule has 2 aromatic rings. The van der Waals surface area contributed by atoms with E-state index in [-0.39, 0.29) is 17.2 Å². The van der Waals surface area contributed by atoms with Gasteiger partial charge in [0.05, 0.1) is 16.9 Å². The van der Waals surface area contributed by atoms with Crippen LogP contribution in [0.5, 0.6) is 0 Å². The highest BCUT2D eigenvalue weighted by atomic mass is 32.2. The van der Waals surface area contributed by atoms with E-state index < -0.39 is 23.4 Å². The zero-order valence-electron chi connectivity index (χ0n) is 35.3. The summed E-state index contributed by atoms with van der Waals surface area (Å²) in [4.78, 5) is 49.1. The monoisotopic (exact) mass is 837 g/mol. The summed E-state index contributed by atoms with van der Waals surface area (Å²) >= 11 is 1.36. The van der Waals surface area contributed by atoms with Crippen molar-refractivity contribution in [3.63, 3.8) is 0 Å². The Hall–Kier alpha value is -5.67. The van der Waals surface area contributed by atoms with Gasteiger partial charge in [-0.15, -0.1) is 0 Å². The Morgan fingerprint density at radius 3 is 2.32 bits per heavy atom. The van der Waals surface area contributed by atoms with Gasteiger partial charge < -0.3 is 41.4 Å². The van der Waals surface area contributed by atoms with Crippen molar-refractivity contribution in [3.05, 3.63) is 101 Å². The molecule has 3 aliphatic heterocycles. The van der Waals surface area contributed by atoms with Crippen LogP contribution in [0.15, 0.2) is 106 Å². The Morgan fingerprint density at radius 1 is 1.00 bits per heavy atom. The molecule has 0 unspecified atom stereocenters. The number of hydrogen-bond donors (Lipinski definition) is 6. The zero-order chi connectivity index (χ0) is 43.5. The number of rotatable bonds is 13. The molecule has 3 heterocycles. The van der Waals surface area contributed by atoms with E-state index in [0.29, 0.717) is 41.8 Å². The number of aliphatic imine (C=N–C) groups is 1. The summed E-state index contributed by atoms with van der Waals surface area (Å²) in [6.45, 7) is 14.3. The predicted molar refractivity (Wildman–Crippen MR) is 242 cm³/mol. The van der Waals surface area contributed by atoms with Gasteiger partial charge in [-0.25, -0.2) is 14.6 Å². The molecule has 5 rings (SSSR count). The molecule has 3 aliphatic rings. The number of nitrogens with two attached hydrogens (primary N) is 1. The fourth-order valence-corrected chi connectivity index (χ4v) is 8.05. The van der Waals surface area contributed by atoms with Gasteiger partial charge in [0.1, 0.15) is 17.1 Å². The van der Waals surface area contributed by atoms with Gasteiger partial charge in [-0.3, -0.25) is 15.1 Å². The molecule has 0 saturated carbocycles. The molecule has 0 aromatic heterocycles. The number of carbonyl (C=O) groups excluding carboxylic acids is 2. The molecular weight excluding hydrogens is 779 g/mol. The van der Waals surface area contributed by atoms with Crippen LogP contribution in [0.2, 0.25) is 0 Å². The highest BCUT2D eigenvalue weighted by molar-refractivity contribution is 8.03. The Labute approximate surface area is 357 Å². The van der Waals surface area contributed by atoms with Gasteiger partial charge >= 0.3 is 12.1 Å². The minimum atomic E-state index is -1.31. The van der Waals surface area contributed by atoms with Crippen molar-refractivity contribution in [2.24, 2.45) is 10.7 Å². The number of nitrogens with one attached hydrogen (secondary N) is 4. The quantitative estimate of drug-likeness (QED) is 0.0670. The molecule has 2 saturated heterocycles. The van der Waals surface area contributed by atoms with Crippen LogP contribution in [0.25, 0.3) is 0 Å². The molecule has 0 radical (unpaired) electrons. The van der Waals surface area contributed by atoms with Crippen LogP contribution in [-0.4, -0.2) is 107 Å². The van der Waals surface area contributed by atoms with E-state index >= 15 is 0 Å². The van der Waals surface area contributed by atoms with Crippen molar-refractivity contribution in [1.82, 2.24) is 15.1 Å². The number of nitrogens with zero attached hydrogens (tertiary/aromatic N) is 4. The van der Waals surface area contributed by atoms with E-state index in [0.717, 1.165) is 79.9 Å². The summed E-state index contributed by atoms with van der Waals surface area (Å²) in [6, 6.07) is 15.7. The maximum atomic E-state index is 13.3. The summed E-state index contributed by atoms with van der Waals surface area (Å²) in [5.74, 6) is -0.720. The second kappa shape index (κ2) is 20.5. The lowest BCUT2D eigenvalue weighted by Gasteiger charge is -2.40. The number of piperidine rings is 2. The lowest BCUT2D eigenvalue weighted by molar-refractivity contribution is -0.129. The standard InChI is InChI=1S/C45H59N9O5S/c1-6-8-40(54-27-21-45(5,22-28-54)51-43(58)59-44(2,3)4)49-30-39(48)60-36-10-7-9-33(29-36)50-41(55)32-11-13-34(14-12-32)53-25-19-35(20-26-53)52-23-17-31(18-24-52)37(46)15-16-38(47)42(56)57/h6-17,29-30,35,46-47H,18-28,48H2,1-5H3,(H,50,55)(H,51,58)(H,56,57)/b8-6+,16-15-,39-30+,46-37?,47-38?,49-40-. The average Bonchev–Trinajstić information content (AvgIpc) is 3.21. The number of alkyl carbamates (subject to hydrolysis) is 1. The van der Waals surface area contributed by atoms with Crippen LogP contribution < -0.4 is 21.3 Å². The number of likely N-dealkylation sites (tertiary alicyclic amines) is 1. The molecular formula is C45H59N9O5S. The second-order valence-electron chi connectivity index (χ2n) is 16.5. The van der Waals surface area contributed by atoms with Gasteiger partial charge in [0.2, 0.25) is 0 Å². The number of aliphatic carboxylic acids is 1. The minimum Gasteiger partial charge on any atom is -0.477 e. The topological polar surface area (TPSA) is 201 Å². The fraction of sp³-hybridized carbons (Fsp3) is 0.422. The number of carboxylic acids is 1. The lowest BCUT2D eigenvalue weighted by atomic mass is 9.89. The fourth-order valence-electron chi connectivity index (χ4n) is 7.34. The summed E-state index contributed by atoms with van der Waals surface area (Å²) in [5.41, 5.74) is 8.39. The van der Waals surface area contributed by atoms with Crippen molar-refractivity contribution < 1.29 is 24.2 Å². The maximum absolute atomic E-state index is 13.3. The molecule has 0 bridgehead atoms. The third-order valence-corrected chi connectivity index (χ3v) is 11.5. The van der Waals surface area contributed by atoms with Gasteiger partial charge in [-0.1, -0.05) is 30.0 Å². The molecule has 320 valence electrons. The normalized spacial score (nSPS) is 18.3. The van der Waals surface area contributed by atoms with Crippen LogP contribution in [0.4, 0.5) is 16.2 Å². The van der Waals surface area contributed by atoms with Gasteiger partial charge in [0.25, 0.3) is 5.91 Å². The predicted octanol–water partition coefficient (Wildman–Crippen LogP) is 7.42. The number of carbonyl (C=O) groups is 3. The first-order valence-corrected chi connectivity index (χ1v) is 21.2. The van der Waals surface area contributed by atoms with Crippen LogP contribution in [-0.2, 0) is 9.53 Å². The molecule has 7 N–H and O–H groups in total. The third kappa shape index (κ3) is 13.4. The van der Waals surface area contributed by atoms with Crippen LogP contribution in [0, 0.1) is 10.8 Å². The first-order chi connectivity index (χ1) is 28.5. The van der Waals surface area contributed by atoms with E-state index in [9.17, 15) is 14.4 Å². The van der Waals surface area contributed by atoms with Gasteiger partial charge in [-0.05, 0) is 133 Å². The summed E-state index contributed by atoms with van der Waals surface area (Å²) in [6.07, 6.45) is 13.9. The number of hydrogen-bond acceptors (Lipinski definition) is 11. The van der Waals surface area contributed by atoms with Crippen molar-refractivity contribution >= 4 is 58.4 Å². The lowest BCUT2D eigenvalue weighted by Crippen LogP contribution is -2.55. The SMILES string of the molecule is C/C=C/C(=N/C=C(\N)Sc1cccc(NC(=O)c2ccc(N3CCC(N4CC=C(C(=N)/C=C\C(=N)C(=O)O)CC4)CC3)cc2)c1)N1CCC(C)(NC(=O)OC(C)(C)C)CC1. The van der Waals surface area contributed by atoms with E-state index in [1.54, 1.807) is 6.20 Å². The average molecular weight is 838 g/mol. The van der Waals surface area contributed by atoms with E-state index in [1.807, 2.05) is 101 Å². The van der Waals surface area contributed by atoms with Crippen molar-refractivity contribution in [1.29, 1.82) is 10.8 Å². The molecule has 2 amide bonds. The Balaban J connectivity index is 1.08. The molecule has 0 spiro atoms. The maximum Gasteiger partial charge on any atom is 0.408 e. The van der Waals surface area contributed by atoms with Gasteiger partial charge in [0.15, 0.2) is 0 Å². The number of thioether (sulfide) groups is 1. The number of carboxylic acid groups (broad SMARTS) is 1. The van der Waals surface area contributed by atoms with Crippen LogP contribution in [0.1, 0.15) is 77.1 Å². The Morgan fingerprint density at radius 2 is 1.70 bits per heavy atom. The molecule has 60 heavy (non-hydrogen) atoms. The molecule has 2 aromatic carbocycles. The number of benzene rings is 2. The number of anilines is 2. The van der Waals surface area contributed by atoms with Crippen LogP contribution in [0.3, 0.4) is 0 Å². The van der Waals surface area contributed by atoms with Crippen molar-refractivity contribution in [2.45, 2.75) is 88.8 Å². The molecule has 0 aliphatic carbocycles. The highest BCUT2D eigenvalue weighted by Gasteiger charge is 2.34. The van der Waals surface area contributed by atoms with E-state index in [2.05, 4.69) is 25.3 Å². The first-order valence-electron chi connectivity index (χ1n) is 20.4. The van der Waals surface area contributed by atoms with E-state index in [1.165, 1.54) is 17.8 Å². The number of amidine groups is 1. The smallest absolute Gasteiger partial charge is 0.408 e. The number of ether oxygens (including phenoxy) is 1. The summed E-state index contributed by atoms with van der Waals surface area (Å²) in [7, 11) is 0. The first kappa shape index (κ1) is 45.4. The second-order valence-corrected chi connectivity index (χ2v) is 17.6. The minimum absolute atomic E-state index is 0.202. The highest BCUT2D eigenvalue weighted by Crippen LogP contribution is 2.29. The summed E-state index contributed by atoms with van der Waals surface area (Å²) < 4.78 is 5.47. The third-order valence-electron chi connectivity index (χ3n) is 10.7. The molecule has 2 fully saturated rings. The van der Waals surface area contributed by atoms with Gasteiger partial charge in [-0.2, -0.15) is 0 Å². The Kier molecular flexibility index (Phi) is 15.5. The summed E-state index contributed by atoms with van der Waals surface area (Å²) in [5, 5.41) is 31.1. The van der Waals surface area contributed by atoms with Crippen molar-refractivity contribution in [3.8, 4) is 0 Å².